The Bertz CT molecular complexity index is 849. The van der Waals surface area contributed by atoms with Gasteiger partial charge in [-0.1, -0.05) is 23.8 Å². The largest absolute Gasteiger partial charge is 0.481 e. The predicted octanol–water partition coefficient (Wildman–Crippen LogP) is 2.68. The van der Waals surface area contributed by atoms with Gasteiger partial charge in [0.25, 0.3) is 5.91 Å². The number of aryl methyl sites for hydroxylation is 1. The summed E-state index contributed by atoms with van der Waals surface area (Å²) in [7, 11) is 0. The molecular formula is C22H26FN3O3. The minimum Gasteiger partial charge on any atom is -0.481 e. The van der Waals surface area contributed by atoms with Gasteiger partial charge in [0.15, 0.2) is 6.10 Å². The van der Waals surface area contributed by atoms with Gasteiger partial charge in [-0.25, -0.2) is 4.39 Å². The number of benzene rings is 2. The molecule has 154 valence electrons. The SMILES string of the molecule is Cc1ccc(OC(C)C(=O)N2CCN(CC(=O)Nc3cccc(F)c3)CC2)cc1. The topological polar surface area (TPSA) is 61.9 Å². The summed E-state index contributed by atoms with van der Waals surface area (Å²) in [6.07, 6.45) is -0.569. The van der Waals surface area contributed by atoms with Crippen LogP contribution in [0.4, 0.5) is 10.1 Å². The van der Waals surface area contributed by atoms with Gasteiger partial charge in [0, 0.05) is 31.9 Å². The molecule has 2 aromatic rings. The molecule has 1 fully saturated rings. The Morgan fingerprint density at radius 1 is 1.10 bits per heavy atom. The Labute approximate surface area is 170 Å². The van der Waals surface area contributed by atoms with Crippen molar-refractivity contribution in [2.45, 2.75) is 20.0 Å². The van der Waals surface area contributed by atoms with Crippen LogP contribution in [0.2, 0.25) is 0 Å². The summed E-state index contributed by atoms with van der Waals surface area (Å²) in [5, 5.41) is 2.69. The number of ether oxygens (including phenoxy) is 1. The summed E-state index contributed by atoms with van der Waals surface area (Å²) in [5.74, 6) is 0.0156. The number of rotatable bonds is 6. The molecule has 7 heteroatoms. The average molecular weight is 399 g/mol. The maximum absolute atomic E-state index is 13.2. The normalized spacial score (nSPS) is 15.6. The van der Waals surface area contributed by atoms with Gasteiger partial charge in [-0.05, 0) is 44.2 Å². The molecule has 1 atom stereocenters. The molecule has 0 spiro atoms. The molecule has 3 rings (SSSR count). The van der Waals surface area contributed by atoms with Gasteiger partial charge in [0.2, 0.25) is 5.91 Å². The van der Waals surface area contributed by atoms with E-state index in [4.69, 9.17) is 4.74 Å². The molecule has 0 radical (unpaired) electrons. The maximum Gasteiger partial charge on any atom is 0.263 e. The molecule has 0 saturated carbocycles. The van der Waals surface area contributed by atoms with Crippen molar-refractivity contribution in [3.05, 3.63) is 59.9 Å². The summed E-state index contributed by atoms with van der Waals surface area (Å²) in [5.41, 5.74) is 1.57. The van der Waals surface area contributed by atoms with Crippen LogP contribution in [0.15, 0.2) is 48.5 Å². The van der Waals surface area contributed by atoms with E-state index in [0.29, 0.717) is 37.6 Å². The zero-order valence-electron chi connectivity index (χ0n) is 16.7. The summed E-state index contributed by atoms with van der Waals surface area (Å²) in [6, 6.07) is 13.4. The molecule has 1 aliphatic rings. The number of carbonyl (C=O) groups excluding carboxylic acids is 2. The molecule has 0 bridgehead atoms. The number of piperazine rings is 1. The van der Waals surface area contributed by atoms with Crippen molar-refractivity contribution in [2.75, 3.05) is 38.0 Å². The lowest BCUT2D eigenvalue weighted by molar-refractivity contribution is -0.139. The van der Waals surface area contributed by atoms with Crippen molar-refractivity contribution >= 4 is 17.5 Å². The highest BCUT2D eigenvalue weighted by atomic mass is 19.1. The van der Waals surface area contributed by atoms with E-state index < -0.39 is 11.9 Å². The molecule has 6 nitrogen and oxygen atoms in total. The van der Waals surface area contributed by atoms with Crippen LogP contribution >= 0.6 is 0 Å². The van der Waals surface area contributed by atoms with Crippen molar-refractivity contribution in [1.29, 1.82) is 0 Å². The zero-order chi connectivity index (χ0) is 20.8. The molecule has 2 amide bonds. The molecule has 1 N–H and O–H groups in total. The van der Waals surface area contributed by atoms with Crippen molar-refractivity contribution in [3.8, 4) is 5.75 Å². The average Bonchev–Trinajstić information content (AvgIpc) is 2.69. The van der Waals surface area contributed by atoms with E-state index in [0.717, 1.165) is 5.56 Å². The Kier molecular flexibility index (Phi) is 6.82. The Morgan fingerprint density at radius 2 is 1.79 bits per heavy atom. The number of nitrogens with one attached hydrogen (secondary N) is 1. The predicted molar refractivity (Wildman–Crippen MR) is 109 cm³/mol. The second-order valence-corrected chi connectivity index (χ2v) is 7.23. The molecule has 1 heterocycles. The van der Waals surface area contributed by atoms with E-state index in [9.17, 15) is 14.0 Å². The summed E-state index contributed by atoms with van der Waals surface area (Å²) >= 11 is 0. The summed E-state index contributed by atoms with van der Waals surface area (Å²) in [4.78, 5) is 28.5. The van der Waals surface area contributed by atoms with E-state index in [1.807, 2.05) is 36.1 Å². The highest BCUT2D eigenvalue weighted by Crippen LogP contribution is 2.15. The number of carbonyl (C=O) groups is 2. The smallest absolute Gasteiger partial charge is 0.263 e. The first kappa shape index (κ1) is 20.8. The van der Waals surface area contributed by atoms with Crippen molar-refractivity contribution < 1.29 is 18.7 Å². The van der Waals surface area contributed by atoms with Crippen molar-refractivity contribution in [1.82, 2.24) is 9.80 Å². The maximum atomic E-state index is 13.2. The number of hydrogen-bond acceptors (Lipinski definition) is 4. The first-order chi connectivity index (χ1) is 13.9. The van der Waals surface area contributed by atoms with Crippen LogP contribution in [0, 0.1) is 12.7 Å². The number of nitrogens with zero attached hydrogens (tertiary/aromatic N) is 2. The van der Waals surface area contributed by atoms with Gasteiger partial charge in [0.1, 0.15) is 11.6 Å². The minimum atomic E-state index is -0.569. The van der Waals surface area contributed by atoms with Crippen LogP contribution in [0.25, 0.3) is 0 Å². The van der Waals surface area contributed by atoms with Gasteiger partial charge in [0.05, 0.1) is 6.54 Å². The van der Waals surface area contributed by atoms with Gasteiger partial charge in [-0.2, -0.15) is 0 Å². The highest BCUT2D eigenvalue weighted by Gasteiger charge is 2.26. The van der Waals surface area contributed by atoms with Gasteiger partial charge < -0.3 is 15.0 Å². The molecule has 1 unspecified atom stereocenters. The number of hydrogen-bond donors (Lipinski definition) is 1. The lowest BCUT2D eigenvalue weighted by Crippen LogP contribution is -2.53. The van der Waals surface area contributed by atoms with E-state index in [2.05, 4.69) is 5.32 Å². The van der Waals surface area contributed by atoms with Crippen LogP contribution in [0.1, 0.15) is 12.5 Å². The fraction of sp³-hybridized carbons (Fsp3) is 0.364. The minimum absolute atomic E-state index is 0.0607. The highest BCUT2D eigenvalue weighted by molar-refractivity contribution is 5.92. The van der Waals surface area contributed by atoms with Crippen LogP contribution < -0.4 is 10.1 Å². The molecule has 1 saturated heterocycles. The monoisotopic (exact) mass is 399 g/mol. The van der Waals surface area contributed by atoms with Crippen LogP contribution in [-0.2, 0) is 9.59 Å². The van der Waals surface area contributed by atoms with Crippen LogP contribution in [-0.4, -0.2) is 60.4 Å². The third-order valence-electron chi connectivity index (χ3n) is 4.84. The second kappa shape index (κ2) is 9.52. The third kappa shape index (κ3) is 6.02. The van der Waals surface area contributed by atoms with E-state index >= 15 is 0 Å². The summed E-state index contributed by atoms with van der Waals surface area (Å²) < 4.78 is 19.0. The molecule has 29 heavy (non-hydrogen) atoms. The van der Waals surface area contributed by atoms with E-state index in [1.165, 1.54) is 12.1 Å². The van der Waals surface area contributed by atoms with E-state index in [1.54, 1.807) is 24.0 Å². The van der Waals surface area contributed by atoms with Crippen molar-refractivity contribution in [2.24, 2.45) is 0 Å². The molecule has 1 aliphatic heterocycles. The van der Waals surface area contributed by atoms with Crippen molar-refractivity contribution in [3.63, 3.8) is 0 Å². The number of anilines is 1. The standard InChI is InChI=1S/C22H26FN3O3/c1-16-6-8-20(9-7-16)29-17(2)22(28)26-12-10-25(11-13-26)15-21(27)24-19-5-3-4-18(23)14-19/h3-9,14,17H,10-13,15H2,1-2H3,(H,24,27). The van der Waals surface area contributed by atoms with Crippen LogP contribution in [0.5, 0.6) is 5.75 Å². The molecule has 0 aliphatic carbocycles. The van der Waals surface area contributed by atoms with Crippen LogP contribution in [0.3, 0.4) is 0 Å². The second-order valence-electron chi connectivity index (χ2n) is 7.23. The lowest BCUT2D eigenvalue weighted by Gasteiger charge is -2.35. The molecule has 2 aromatic carbocycles. The zero-order valence-corrected chi connectivity index (χ0v) is 16.7. The Morgan fingerprint density at radius 3 is 2.45 bits per heavy atom. The summed E-state index contributed by atoms with van der Waals surface area (Å²) in [6.45, 7) is 6.21. The Hall–Kier alpha value is -2.93. The fourth-order valence-electron chi connectivity index (χ4n) is 3.22. The lowest BCUT2D eigenvalue weighted by atomic mass is 10.2. The Balaban J connectivity index is 1.43. The first-order valence-corrected chi connectivity index (χ1v) is 9.70. The quantitative estimate of drug-likeness (QED) is 0.811. The van der Waals surface area contributed by atoms with Gasteiger partial charge in [-0.3, -0.25) is 14.5 Å². The van der Waals surface area contributed by atoms with Gasteiger partial charge >= 0.3 is 0 Å². The number of amides is 2. The molecule has 0 aromatic heterocycles. The third-order valence-corrected chi connectivity index (χ3v) is 4.84. The first-order valence-electron chi connectivity index (χ1n) is 9.70. The van der Waals surface area contributed by atoms with E-state index in [-0.39, 0.29) is 18.4 Å². The van der Waals surface area contributed by atoms with Gasteiger partial charge in [-0.15, -0.1) is 0 Å². The number of halogens is 1. The fourth-order valence-corrected chi connectivity index (χ4v) is 3.22. The molecular weight excluding hydrogens is 373 g/mol.